The summed E-state index contributed by atoms with van der Waals surface area (Å²) in [5.41, 5.74) is 8.17. The van der Waals surface area contributed by atoms with Crippen LogP contribution in [0, 0.1) is 0 Å². The van der Waals surface area contributed by atoms with Crippen LogP contribution < -0.4 is 5.73 Å². The average Bonchev–Trinajstić information content (AvgIpc) is 2.74. The number of nitrogens with zero attached hydrogens (tertiary/aromatic N) is 3. The van der Waals surface area contributed by atoms with Crippen LogP contribution in [0.15, 0.2) is 35.0 Å². The normalized spacial score (nSPS) is 10.9. The molecule has 2 N–H and O–H groups in total. The summed E-state index contributed by atoms with van der Waals surface area (Å²) in [5.74, 6) is 0.469. The van der Waals surface area contributed by atoms with Crippen LogP contribution in [0.25, 0.3) is 22.6 Å². The van der Waals surface area contributed by atoms with Gasteiger partial charge in [-0.3, -0.25) is 0 Å². The Balaban J connectivity index is 2.21. The number of rotatable bonds is 1. The van der Waals surface area contributed by atoms with Gasteiger partial charge in [-0.05, 0) is 12.1 Å². The summed E-state index contributed by atoms with van der Waals surface area (Å²) in [6, 6.07) is 5.10. The molecular weight excluding hydrogens is 240 g/mol. The quantitative estimate of drug-likeness (QED) is 0.668. The van der Waals surface area contributed by atoms with E-state index in [0.29, 0.717) is 27.7 Å². The molecule has 0 unspecified atom stereocenters. The zero-order valence-electron chi connectivity index (χ0n) is 8.59. The number of hydrogen-bond acceptors (Lipinski definition) is 5. The number of fused-ring (bicyclic) bond motifs is 1. The van der Waals surface area contributed by atoms with Gasteiger partial charge in [-0.1, -0.05) is 11.6 Å². The molecule has 2 heterocycles. The highest BCUT2D eigenvalue weighted by atomic mass is 35.5. The lowest BCUT2D eigenvalue weighted by Crippen LogP contribution is -1.84. The molecule has 6 heteroatoms. The van der Waals surface area contributed by atoms with E-state index >= 15 is 0 Å². The molecule has 5 nitrogen and oxygen atoms in total. The molecule has 1 aromatic carbocycles. The second kappa shape index (κ2) is 3.71. The van der Waals surface area contributed by atoms with E-state index < -0.39 is 0 Å². The fraction of sp³-hybridized carbons (Fsp3) is 0. The minimum absolute atomic E-state index is 0.463. The van der Waals surface area contributed by atoms with Gasteiger partial charge in [0.05, 0.1) is 28.7 Å². The molecule has 0 fully saturated rings. The first-order chi connectivity index (χ1) is 8.24. The van der Waals surface area contributed by atoms with Gasteiger partial charge in [-0.25, -0.2) is 4.98 Å². The smallest absolute Gasteiger partial charge is 0.229 e. The van der Waals surface area contributed by atoms with Crippen LogP contribution in [0.1, 0.15) is 0 Å². The molecular formula is C11H7ClN4O. The number of benzene rings is 1. The van der Waals surface area contributed by atoms with E-state index in [1.807, 2.05) is 0 Å². The largest absolute Gasteiger partial charge is 0.436 e. The number of oxazole rings is 1. The van der Waals surface area contributed by atoms with Crippen molar-refractivity contribution in [3.63, 3.8) is 0 Å². The predicted molar refractivity (Wildman–Crippen MR) is 64.5 cm³/mol. The molecule has 0 aliphatic carbocycles. The first-order valence-corrected chi connectivity index (χ1v) is 5.24. The monoisotopic (exact) mass is 246 g/mol. The number of aromatic nitrogens is 3. The van der Waals surface area contributed by atoms with Gasteiger partial charge in [0.1, 0.15) is 5.52 Å². The van der Waals surface area contributed by atoms with E-state index in [1.54, 1.807) is 30.6 Å². The van der Waals surface area contributed by atoms with Crippen molar-refractivity contribution in [1.29, 1.82) is 0 Å². The number of nitrogens with two attached hydrogens (primary N) is 1. The Hall–Kier alpha value is -2.14. The second-order valence-electron chi connectivity index (χ2n) is 3.49. The van der Waals surface area contributed by atoms with Gasteiger partial charge in [0.2, 0.25) is 5.89 Å². The third-order valence-electron chi connectivity index (χ3n) is 2.34. The maximum Gasteiger partial charge on any atom is 0.229 e. The molecule has 0 saturated heterocycles. The van der Waals surface area contributed by atoms with E-state index in [1.165, 1.54) is 0 Å². The van der Waals surface area contributed by atoms with E-state index in [-0.39, 0.29) is 0 Å². The first-order valence-electron chi connectivity index (χ1n) is 4.86. The lowest BCUT2D eigenvalue weighted by atomic mass is 10.3. The molecule has 17 heavy (non-hydrogen) atoms. The highest BCUT2D eigenvalue weighted by molar-refractivity contribution is 6.33. The molecule has 0 amide bonds. The number of anilines is 1. The third kappa shape index (κ3) is 1.70. The molecule has 0 saturated carbocycles. The van der Waals surface area contributed by atoms with Gasteiger partial charge in [0.25, 0.3) is 0 Å². The number of nitrogen functional groups attached to an aromatic ring is 1. The van der Waals surface area contributed by atoms with Gasteiger partial charge >= 0.3 is 0 Å². The van der Waals surface area contributed by atoms with Crippen LogP contribution in [-0.4, -0.2) is 15.2 Å². The van der Waals surface area contributed by atoms with Gasteiger partial charge < -0.3 is 10.2 Å². The van der Waals surface area contributed by atoms with Crippen molar-refractivity contribution in [3.05, 3.63) is 35.6 Å². The van der Waals surface area contributed by atoms with Gasteiger partial charge in [-0.2, -0.15) is 10.2 Å². The molecule has 0 aliphatic rings. The fourth-order valence-corrected chi connectivity index (χ4v) is 1.66. The van der Waals surface area contributed by atoms with Gasteiger partial charge in [0, 0.05) is 6.07 Å². The van der Waals surface area contributed by atoms with E-state index in [2.05, 4.69) is 15.2 Å². The molecule has 0 radical (unpaired) electrons. The van der Waals surface area contributed by atoms with Crippen molar-refractivity contribution in [2.75, 3.05) is 5.73 Å². The van der Waals surface area contributed by atoms with Crippen molar-refractivity contribution in [1.82, 2.24) is 15.2 Å². The average molecular weight is 247 g/mol. The van der Waals surface area contributed by atoms with Crippen molar-refractivity contribution in [2.24, 2.45) is 0 Å². The van der Waals surface area contributed by atoms with Crippen molar-refractivity contribution in [3.8, 4) is 11.5 Å². The zero-order chi connectivity index (χ0) is 11.8. The zero-order valence-corrected chi connectivity index (χ0v) is 9.35. The molecule has 0 aliphatic heterocycles. The molecule has 84 valence electrons. The number of hydrogen-bond donors (Lipinski definition) is 1. The van der Waals surface area contributed by atoms with Crippen LogP contribution in [0.3, 0.4) is 0 Å². The van der Waals surface area contributed by atoms with Crippen LogP contribution in [0.4, 0.5) is 5.69 Å². The minimum atomic E-state index is 0.463. The summed E-state index contributed by atoms with van der Waals surface area (Å²) >= 11 is 5.91. The predicted octanol–water partition coefficient (Wildman–Crippen LogP) is 2.52. The van der Waals surface area contributed by atoms with Crippen molar-refractivity contribution in [2.45, 2.75) is 0 Å². The Morgan fingerprint density at radius 1 is 1.24 bits per heavy atom. The Morgan fingerprint density at radius 3 is 2.88 bits per heavy atom. The summed E-state index contributed by atoms with van der Waals surface area (Å²) in [7, 11) is 0. The lowest BCUT2D eigenvalue weighted by molar-refractivity contribution is 0.619. The van der Waals surface area contributed by atoms with Gasteiger partial charge in [0.15, 0.2) is 5.58 Å². The molecule has 2 aromatic heterocycles. The van der Waals surface area contributed by atoms with Crippen molar-refractivity contribution < 1.29 is 4.42 Å². The van der Waals surface area contributed by atoms with Crippen LogP contribution >= 0.6 is 11.6 Å². The molecule has 3 rings (SSSR count). The highest BCUT2D eigenvalue weighted by Crippen LogP contribution is 2.29. The number of halogens is 1. The Bertz CT molecular complexity index is 642. The van der Waals surface area contributed by atoms with E-state index in [4.69, 9.17) is 21.8 Å². The van der Waals surface area contributed by atoms with Crippen molar-refractivity contribution >= 4 is 28.4 Å². The summed E-state index contributed by atoms with van der Waals surface area (Å²) in [5, 5.41) is 7.92. The standard InChI is InChI=1S/C11H7ClN4O/c12-7-3-9-10(4-8(7)13)17-11(16-9)6-1-2-14-15-5-6/h1-5H,13H2. The molecule has 0 atom stereocenters. The maximum absolute atomic E-state index is 5.91. The Labute approximate surface area is 101 Å². The molecule has 0 bridgehead atoms. The third-order valence-corrected chi connectivity index (χ3v) is 2.67. The Morgan fingerprint density at radius 2 is 2.12 bits per heavy atom. The molecule has 3 aromatic rings. The van der Waals surface area contributed by atoms with Crippen LogP contribution in [0.2, 0.25) is 5.02 Å². The SMILES string of the molecule is Nc1cc2oc(-c3ccnnc3)nc2cc1Cl. The summed E-state index contributed by atoms with van der Waals surface area (Å²) in [4.78, 5) is 4.31. The fourth-order valence-electron chi connectivity index (χ4n) is 1.50. The highest BCUT2D eigenvalue weighted by Gasteiger charge is 2.10. The van der Waals surface area contributed by atoms with Gasteiger partial charge in [-0.15, -0.1) is 0 Å². The summed E-state index contributed by atoms with van der Waals surface area (Å²) in [6.45, 7) is 0. The lowest BCUT2D eigenvalue weighted by Gasteiger charge is -1.94. The van der Waals surface area contributed by atoms with E-state index in [9.17, 15) is 0 Å². The Kier molecular flexibility index (Phi) is 2.19. The van der Waals surface area contributed by atoms with Crippen LogP contribution in [0.5, 0.6) is 0 Å². The first kappa shape index (κ1) is 10.0. The van der Waals surface area contributed by atoms with E-state index in [0.717, 1.165) is 5.56 Å². The summed E-state index contributed by atoms with van der Waals surface area (Å²) < 4.78 is 5.57. The second-order valence-corrected chi connectivity index (χ2v) is 3.90. The maximum atomic E-state index is 5.91. The molecule has 0 spiro atoms. The minimum Gasteiger partial charge on any atom is -0.436 e. The summed E-state index contributed by atoms with van der Waals surface area (Å²) in [6.07, 6.45) is 3.15. The topological polar surface area (TPSA) is 77.8 Å². The van der Waals surface area contributed by atoms with Crippen LogP contribution in [-0.2, 0) is 0 Å².